The first kappa shape index (κ1) is 13.3. The quantitative estimate of drug-likeness (QED) is 0.734. The number of hydrogen-bond donors (Lipinski definition) is 1. The Labute approximate surface area is 122 Å². The number of carbonyl (C=O) groups is 1. The van der Waals surface area contributed by atoms with Gasteiger partial charge in [0.1, 0.15) is 5.78 Å². The molecule has 0 radical (unpaired) electrons. The van der Waals surface area contributed by atoms with Crippen molar-refractivity contribution in [1.82, 2.24) is 0 Å². The van der Waals surface area contributed by atoms with Crippen LogP contribution in [0.3, 0.4) is 0 Å². The number of rotatable bonds is 0. The average molecular weight is 276 g/mol. The molecular weight excluding hydrogens is 248 g/mol. The molecule has 2 heteroatoms. The molecule has 112 valence electrons. The lowest BCUT2D eigenvalue weighted by Gasteiger charge is -2.54. The van der Waals surface area contributed by atoms with E-state index < -0.39 is 0 Å². The molecule has 0 bridgehead atoms. The van der Waals surface area contributed by atoms with Gasteiger partial charge in [-0.2, -0.15) is 0 Å². The maximum atomic E-state index is 12.0. The van der Waals surface area contributed by atoms with Crippen molar-refractivity contribution in [3.8, 4) is 0 Å². The van der Waals surface area contributed by atoms with E-state index in [-0.39, 0.29) is 6.10 Å². The molecule has 4 fully saturated rings. The van der Waals surface area contributed by atoms with E-state index in [4.69, 9.17) is 0 Å². The van der Waals surface area contributed by atoms with Gasteiger partial charge in [0.15, 0.2) is 0 Å². The second-order valence-corrected chi connectivity index (χ2v) is 8.51. The molecule has 20 heavy (non-hydrogen) atoms. The standard InChI is InChI=1S/C18H28O2/c1-18-7-6-15-14-5-3-12(19)8-11(14)2-4-16(15)17(18)9-13(20)10-18/h11-12,14-17,19H,2-10H2,1H3/t11-,12?,14+,15-,16-,17?,18-/m0/s1. The van der Waals surface area contributed by atoms with E-state index in [2.05, 4.69) is 6.92 Å². The fourth-order valence-electron chi connectivity index (χ4n) is 6.61. The minimum absolute atomic E-state index is 0.0327. The molecule has 0 aromatic rings. The Bertz CT molecular complexity index is 418. The summed E-state index contributed by atoms with van der Waals surface area (Å²) in [5, 5.41) is 9.93. The van der Waals surface area contributed by atoms with Gasteiger partial charge in [-0.1, -0.05) is 6.92 Å². The molecule has 0 heterocycles. The van der Waals surface area contributed by atoms with Gasteiger partial charge in [0.2, 0.25) is 0 Å². The largest absolute Gasteiger partial charge is 0.393 e. The van der Waals surface area contributed by atoms with Gasteiger partial charge < -0.3 is 5.11 Å². The molecule has 0 aromatic carbocycles. The smallest absolute Gasteiger partial charge is 0.133 e. The molecule has 4 saturated carbocycles. The van der Waals surface area contributed by atoms with Crippen LogP contribution in [0.25, 0.3) is 0 Å². The summed E-state index contributed by atoms with van der Waals surface area (Å²) >= 11 is 0. The number of hydrogen-bond acceptors (Lipinski definition) is 2. The van der Waals surface area contributed by atoms with Gasteiger partial charge in [-0.05, 0) is 80.0 Å². The maximum Gasteiger partial charge on any atom is 0.133 e. The van der Waals surface area contributed by atoms with E-state index in [9.17, 15) is 9.90 Å². The van der Waals surface area contributed by atoms with Gasteiger partial charge in [0, 0.05) is 12.8 Å². The van der Waals surface area contributed by atoms with E-state index in [1.165, 1.54) is 32.1 Å². The number of carbonyl (C=O) groups excluding carboxylic acids is 1. The maximum absolute atomic E-state index is 12.0. The zero-order valence-corrected chi connectivity index (χ0v) is 12.7. The molecular formula is C18H28O2. The van der Waals surface area contributed by atoms with Crippen molar-refractivity contribution in [3.63, 3.8) is 0 Å². The molecule has 1 N–H and O–H groups in total. The molecule has 2 unspecified atom stereocenters. The molecule has 2 nitrogen and oxygen atoms in total. The monoisotopic (exact) mass is 276 g/mol. The van der Waals surface area contributed by atoms with Gasteiger partial charge in [0.25, 0.3) is 0 Å². The lowest BCUT2D eigenvalue weighted by Crippen LogP contribution is -2.47. The highest BCUT2D eigenvalue weighted by molar-refractivity contribution is 5.82. The van der Waals surface area contributed by atoms with E-state index >= 15 is 0 Å². The van der Waals surface area contributed by atoms with Crippen molar-refractivity contribution in [2.45, 2.75) is 70.8 Å². The lowest BCUT2D eigenvalue weighted by molar-refractivity contribution is -0.118. The van der Waals surface area contributed by atoms with E-state index in [1.807, 2.05) is 0 Å². The van der Waals surface area contributed by atoms with Crippen molar-refractivity contribution in [2.24, 2.45) is 35.0 Å². The first-order valence-corrected chi connectivity index (χ1v) is 8.76. The summed E-state index contributed by atoms with van der Waals surface area (Å²) in [6.07, 6.45) is 10.3. The Morgan fingerprint density at radius 1 is 1.05 bits per heavy atom. The third-order valence-corrected chi connectivity index (χ3v) is 7.49. The van der Waals surface area contributed by atoms with Crippen molar-refractivity contribution in [1.29, 1.82) is 0 Å². The summed E-state index contributed by atoms with van der Waals surface area (Å²) in [5.74, 6) is 4.53. The Morgan fingerprint density at radius 3 is 2.70 bits per heavy atom. The number of Topliss-reactive ketones (excluding diaryl/α,β-unsaturated/α-hetero) is 1. The van der Waals surface area contributed by atoms with Crippen LogP contribution in [-0.4, -0.2) is 17.0 Å². The van der Waals surface area contributed by atoms with E-state index in [0.717, 1.165) is 49.4 Å². The molecule has 0 amide bonds. The Hall–Kier alpha value is -0.370. The predicted molar refractivity (Wildman–Crippen MR) is 78.1 cm³/mol. The number of fused-ring (bicyclic) bond motifs is 5. The van der Waals surface area contributed by atoms with Crippen LogP contribution in [0.1, 0.15) is 64.7 Å². The average Bonchev–Trinajstić information content (AvgIpc) is 2.72. The minimum Gasteiger partial charge on any atom is -0.393 e. The first-order valence-electron chi connectivity index (χ1n) is 8.76. The van der Waals surface area contributed by atoms with Crippen molar-refractivity contribution in [3.05, 3.63) is 0 Å². The number of aliphatic hydroxyl groups excluding tert-OH is 1. The summed E-state index contributed by atoms with van der Waals surface area (Å²) in [6.45, 7) is 2.38. The summed E-state index contributed by atoms with van der Waals surface area (Å²) in [7, 11) is 0. The Balaban J connectivity index is 1.57. The van der Waals surface area contributed by atoms with Gasteiger partial charge in [0.05, 0.1) is 6.10 Å². The van der Waals surface area contributed by atoms with Gasteiger partial charge in [-0.15, -0.1) is 0 Å². The van der Waals surface area contributed by atoms with Crippen molar-refractivity contribution >= 4 is 5.78 Å². The first-order chi connectivity index (χ1) is 9.57. The van der Waals surface area contributed by atoms with Crippen molar-refractivity contribution in [2.75, 3.05) is 0 Å². The molecule has 7 atom stereocenters. The van der Waals surface area contributed by atoms with Crippen LogP contribution in [-0.2, 0) is 4.79 Å². The molecule has 4 aliphatic rings. The normalized spacial score (nSPS) is 55.0. The fourth-order valence-corrected chi connectivity index (χ4v) is 6.61. The molecule has 0 saturated heterocycles. The predicted octanol–water partition coefficient (Wildman–Crippen LogP) is 3.57. The zero-order valence-electron chi connectivity index (χ0n) is 12.7. The molecule has 0 spiro atoms. The highest BCUT2D eigenvalue weighted by Gasteiger charge is 2.55. The summed E-state index contributed by atoms with van der Waals surface area (Å²) in [4.78, 5) is 12.0. The Morgan fingerprint density at radius 2 is 1.85 bits per heavy atom. The van der Waals surface area contributed by atoms with Gasteiger partial charge in [-0.25, -0.2) is 0 Å². The van der Waals surface area contributed by atoms with Crippen LogP contribution in [0.15, 0.2) is 0 Å². The topological polar surface area (TPSA) is 37.3 Å². The second kappa shape index (κ2) is 4.56. The summed E-state index contributed by atoms with van der Waals surface area (Å²) in [5.41, 5.74) is 0.333. The molecule has 4 aliphatic carbocycles. The molecule has 0 aliphatic heterocycles. The SMILES string of the molecule is C[C@@]12CC[C@H]3[C@@H]4CCC(O)C[C@@H]4CC[C@@H]3C1CC(=O)C2. The number of aliphatic hydroxyl groups is 1. The minimum atomic E-state index is -0.0327. The van der Waals surface area contributed by atoms with Crippen LogP contribution in [0, 0.1) is 35.0 Å². The third kappa shape index (κ3) is 1.90. The summed E-state index contributed by atoms with van der Waals surface area (Å²) < 4.78 is 0. The lowest BCUT2D eigenvalue weighted by atomic mass is 9.50. The van der Waals surface area contributed by atoms with Crippen molar-refractivity contribution < 1.29 is 9.90 Å². The zero-order chi connectivity index (χ0) is 13.9. The molecule has 0 aromatic heterocycles. The van der Waals surface area contributed by atoms with E-state index in [0.29, 0.717) is 17.1 Å². The fraction of sp³-hybridized carbons (Fsp3) is 0.944. The number of ketones is 1. The summed E-state index contributed by atoms with van der Waals surface area (Å²) in [6, 6.07) is 0. The van der Waals surface area contributed by atoms with Crippen LogP contribution >= 0.6 is 0 Å². The van der Waals surface area contributed by atoms with Crippen LogP contribution in [0.2, 0.25) is 0 Å². The van der Waals surface area contributed by atoms with Gasteiger partial charge >= 0.3 is 0 Å². The third-order valence-electron chi connectivity index (χ3n) is 7.49. The van der Waals surface area contributed by atoms with Crippen LogP contribution < -0.4 is 0 Å². The second-order valence-electron chi connectivity index (χ2n) is 8.51. The highest BCUT2D eigenvalue weighted by Crippen LogP contribution is 2.61. The van der Waals surface area contributed by atoms with Crippen LogP contribution in [0.4, 0.5) is 0 Å². The highest BCUT2D eigenvalue weighted by atomic mass is 16.3. The molecule has 4 rings (SSSR count). The van der Waals surface area contributed by atoms with E-state index in [1.54, 1.807) is 0 Å². The Kier molecular flexibility index (Phi) is 3.03. The van der Waals surface area contributed by atoms with Crippen LogP contribution in [0.5, 0.6) is 0 Å². The van der Waals surface area contributed by atoms with Gasteiger partial charge in [-0.3, -0.25) is 4.79 Å².